The summed E-state index contributed by atoms with van der Waals surface area (Å²) in [5, 5.41) is 10.1. The molecule has 2 heteroatoms. The van der Waals surface area contributed by atoms with Gasteiger partial charge in [0.25, 0.3) is 0 Å². The zero-order chi connectivity index (χ0) is 18.6. The second-order valence-electron chi connectivity index (χ2n) is 8.25. The molecule has 0 aliphatic rings. The number of benzene rings is 5. The molecule has 0 saturated heterocycles. The summed E-state index contributed by atoms with van der Waals surface area (Å²) in [6, 6.07) is 28.6. The van der Waals surface area contributed by atoms with E-state index in [2.05, 4.69) is 98.5 Å². The van der Waals surface area contributed by atoms with Crippen LogP contribution in [0.4, 0.5) is 0 Å². The maximum atomic E-state index is 6.39. The van der Waals surface area contributed by atoms with E-state index in [-0.39, 0.29) is 0 Å². The molecule has 0 aliphatic heterocycles. The van der Waals surface area contributed by atoms with E-state index in [4.69, 9.17) is 4.43 Å². The van der Waals surface area contributed by atoms with Gasteiger partial charge in [-0.05, 0) is 87.7 Å². The molecule has 0 saturated carbocycles. The van der Waals surface area contributed by atoms with Crippen molar-refractivity contribution in [2.24, 2.45) is 0 Å². The molecular weight excluding hydrogens is 344 g/mol. The van der Waals surface area contributed by atoms with Crippen LogP contribution in [0, 0.1) is 0 Å². The van der Waals surface area contributed by atoms with Crippen molar-refractivity contribution in [2.75, 3.05) is 0 Å². The third-order valence-corrected chi connectivity index (χ3v) is 5.91. The fourth-order valence-electron chi connectivity index (χ4n) is 3.91. The highest BCUT2D eigenvalue weighted by Crippen LogP contribution is 2.35. The van der Waals surface area contributed by atoms with E-state index in [9.17, 15) is 0 Å². The highest BCUT2D eigenvalue weighted by Gasteiger charge is 2.18. The summed E-state index contributed by atoms with van der Waals surface area (Å²) >= 11 is 0. The van der Waals surface area contributed by atoms with Gasteiger partial charge in [0, 0.05) is 5.39 Å². The quantitative estimate of drug-likeness (QED) is 0.178. The zero-order valence-corrected chi connectivity index (χ0v) is 16.9. The molecule has 0 heterocycles. The minimum atomic E-state index is -1.67. The normalized spacial score (nSPS) is 12.3. The summed E-state index contributed by atoms with van der Waals surface area (Å²) < 4.78 is 6.39. The highest BCUT2D eigenvalue weighted by molar-refractivity contribution is 6.70. The fourth-order valence-corrected chi connectivity index (χ4v) is 4.75. The molecule has 0 fully saturated rings. The van der Waals surface area contributed by atoms with Crippen LogP contribution in [0.5, 0.6) is 5.75 Å². The molecule has 0 bridgehead atoms. The Hall–Kier alpha value is -2.84. The van der Waals surface area contributed by atoms with E-state index in [1.807, 2.05) is 0 Å². The Balaban J connectivity index is 1.87. The minimum Gasteiger partial charge on any atom is -0.544 e. The Labute approximate surface area is 160 Å². The molecule has 132 valence electrons. The van der Waals surface area contributed by atoms with Gasteiger partial charge in [-0.2, -0.15) is 0 Å². The van der Waals surface area contributed by atoms with Gasteiger partial charge in [-0.15, -0.1) is 0 Å². The lowest BCUT2D eigenvalue weighted by atomic mass is 9.96. The topological polar surface area (TPSA) is 9.23 Å². The molecule has 5 aromatic rings. The summed E-state index contributed by atoms with van der Waals surface area (Å²) in [6.45, 7) is 6.69. The van der Waals surface area contributed by atoms with Crippen LogP contribution in [0.2, 0.25) is 19.6 Å². The molecule has 0 N–H and O–H groups in total. The maximum Gasteiger partial charge on any atom is 0.242 e. The molecule has 0 spiro atoms. The summed E-state index contributed by atoms with van der Waals surface area (Å²) in [7, 11) is -1.67. The summed E-state index contributed by atoms with van der Waals surface area (Å²) in [4.78, 5) is 0. The van der Waals surface area contributed by atoms with Crippen LogP contribution in [-0.2, 0) is 0 Å². The Morgan fingerprint density at radius 2 is 1.07 bits per heavy atom. The van der Waals surface area contributed by atoms with Gasteiger partial charge in [0.15, 0.2) is 0 Å². The van der Waals surface area contributed by atoms with Gasteiger partial charge in [0.1, 0.15) is 5.75 Å². The summed E-state index contributed by atoms with van der Waals surface area (Å²) in [5.74, 6) is 1.01. The van der Waals surface area contributed by atoms with Crippen LogP contribution in [0.1, 0.15) is 0 Å². The van der Waals surface area contributed by atoms with E-state index in [1.54, 1.807) is 0 Å². The molecule has 5 rings (SSSR count). The van der Waals surface area contributed by atoms with Crippen molar-refractivity contribution >= 4 is 51.4 Å². The first-order chi connectivity index (χ1) is 13.0. The Morgan fingerprint density at radius 1 is 0.519 bits per heavy atom. The minimum absolute atomic E-state index is 1.01. The molecule has 5 aromatic carbocycles. The van der Waals surface area contributed by atoms with E-state index in [0.717, 1.165) is 5.75 Å². The standard InChI is InChI=1S/C25H22OSi/c1-27(2,3)26-25-10-6-9-19-14-21-12-11-20-13-17-7-4-5-8-18(17)15-22(20)23(21)16-24(19)25/h4-16H,1-3H3. The Morgan fingerprint density at radius 3 is 1.78 bits per heavy atom. The van der Waals surface area contributed by atoms with Gasteiger partial charge in [0.2, 0.25) is 8.32 Å². The van der Waals surface area contributed by atoms with Crippen molar-refractivity contribution in [3.05, 3.63) is 78.9 Å². The third kappa shape index (κ3) is 2.86. The van der Waals surface area contributed by atoms with Crippen LogP contribution in [0.3, 0.4) is 0 Å². The van der Waals surface area contributed by atoms with Crippen molar-refractivity contribution in [1.29, 1.82) is 0 Å². The van der Waals surface area contributed by atoms with Crippen LogP contribution < -0.4 is 4.43 Å². The van der Waals surface area contributed by atoms with Crippen molar-refractivity contribution in [2.45, 2.75) is 19.6 Å². The van der Waals surface area contributed by atoms with E-state index < -0.39 is 8.32 Å². The average molecular weight is 367 g/mol. The van der Waals surface area contributed by atoms with E-state index in [0.29, 0.717) is 0 Å². The molecule has 0 unspecified atom stereocenters. The number of fused-ring (bicyclic) bond motifs is 5. The lowest BCUT2D eigenvalue weighted by Crippen LogP contribution is -2.29. The van der Waals surface area contributed by atoms with Crippen LogP contribution in [0.15, 0.2) is 78.9 Å². The molecule has 0 amide bonds. The van der Waals surface area contributed by atoms with Gasteiger partial charge in [-0.3, -0.25) is 0 Å². The van der Waals surface area contributed by atoms with Gasteiger partial charge in [-0.1, -0.05) is 48.5 Å². The maximum absolute atomic E-state index is 6.39. The molecule has 0 aromatic heterocycles. The molecule has 1 nitrogen and oxygen atoms in total. The number of hydrogen-bond acceptors (Lipinski definition) is 1. The Kier molecular flexibility index (Phi) is 3.53. The van der Waals surface area contributed by atoms with Gasteiger partial charge < -0.3 is 4.43 Å². The van der Waals surface area contributed by atoms with Crippen molar-refractivity contribution in [3.63, 3.8) is 0 Å². The first-order valence-corrected chi connectivity index (χ1v) is 12.9. The SMILES string of the molecule is C[Si](C)(C)Oc1cccc2cc3ccc4cc5ccccc5cc4c3cc12. The zero-order valence-electron chi connectivity index (χ0n) is 15.9. The van der Waals surface area contributed by atoms with Gasteiger partial charge in [0.05, 0.1) is 0 Å². The first kappa shape index (κ1) is 16.3. The smallest absolute Gasteiger partial charge is 0.242 e. The molecular formula is C25H22OSi. The number of hydrogen-bond donors (Lipinski definition) is 0. The largest absolute Gasteiger partial charge is 0.544 e. The Bertz CT molecular complexity index is 1330. The molecule has 0 aliphatic carbocycles. The monoisotopic (exact) mass is 366 g/mol. The highest BCUT2D eigenvalue weighted by atomic mass is 28.4. The number of rotatable bonds is 2. The predicted octanol–water partition coefficient (Wildman–Crippen LogP) is 7.51. The van der Waals surface area contributed by atoms with Crippen LogP contribution >= 0.6 is 0 Å². The predicted molar refractivity (Wildman–Crippen MR) is 120 cm³/mol. The lowest BCUT2D eigenvalue weighted by Gasteiger charge is -2.21. The summed E-state index contributed by atoms with van der Waals surface area (Å²) in [5.41, 5.74) is 0. The van der Waals surface area contributed by atoms with Crippen LogP contribution in [0.25, 0.3) is 43.1 Å². The second kappa shape index (κ2) is 5.83. The molecule has 27 heavy (non-hydrogen) atoms. The lowest BCUT2D eigenvalue weighted by molar-refractivity contribution is 0.564. The average Bonchev–Trinajstić information content (AvgIpc) is 2.64. The summed E-state index contributed by atoms with van der Waals surface area (Å²) in [6.07, 6.45) is 0. The second-order valence-corrected chi connectivity index (χ2v) is 12.7. The molecule has 0 atom stereocenters. The third-order valence-electron chi connectivity index (χ3n) is 5.08. The van der Waals surface area contributed by atoms with Crippen molar-refractivity contribution in [1.82, 2.24) is 0 Å². The van der Waals surface area contributed by atoms with Crippen LogP contribution in [-0.4, -0.2) is 8.32 Å². The van der Waals surface area contributed by atoms with Gasteiger partial charge in [-0.25, -0.2) is 0 Å². The van der Waals surface area contributed by atoms with E-state index >= 15 is 0 Å². The van der Waals surface area contributed by atoms with E-state index in [1.165, 1.54) is 43.1 Å². The first-order valence-electron chi connectivity index (χ1n) is 9.45. The molecule has 0 radical (unpaired) electrons. The van der Waals surface area contributed by atoms with Gasteiger partial charge >= 0.3 is 0 Å². The van der Waals surface area contributed by atoms with Crippen molar-refractivity contribution < 1.29 is 4.43 Å². The fraction of sp³-hybridized carbons (Fsp3) is 0.120. The van der Waals surface area contributed by atoms with Crippen molar-refractivity contribution in [3.8, 4) is 5.75 Å².